The third-order valence-electron chi connectivity index (χ3n) is 5.51. The monoisotopic (exact) mass is 481 g/mol. The molecule has 168 valence electrons. The molecule has 2 heterocycles. The number of benzene rings is 2. The molecule has 1 N–H and O–H groups in total. The van der Waals surface area contributed by atoms with E-state index < -0.39 is 0 Å². The molecule has 0 atom stereocenters. The number of carbonyl (C=O) groups excluding carboxylic acids is 1. The Morgan fingerprint density at radius 1 is 1.21 bits per heavy atom. The summed E-state index contributed by atoms with van der Waals surface area (Å²) in [5.41, 5.74) is 5.30. The van der Waals surface area contributed by atoms with Crippen LogP contribution in [0.2, 0.25) is 10.0 Å². The lowest BCUT2D eigenvalue weighted by atomic mass is 10.0. The summed E-state index contributed by atoms with van der Waals surface area (Å²) in [6.07, 6.45) is 6.69. The molecular formula is C24H21Cl2N5O2. The van der Waals surface area contributed by atoms with Gasteiger partial charge < -0.3 is 15.0 Å². The highest BCUT2D eigenvalue weighted by molar-refractivity contribution is 6.40. The SMILES string of the molecule is CN(C)Cc1cc(Nc2ncc3c(n2)OCN(c2c(Cl)cccc2Cl)C3=O)cc2c1CC=C2. The number of halogens is 2. The molecule has 9 heteroatoms. The van der Waals surface area contributed by atoms with Crippen LogP contribution in [0.5, 0.6) is 5.88 Å². The predicted octanol–water partition coefficient (Wildman–Crippen LogP) is 5.15. The van der Waals surface area contributed by atoms with Crippen molar-refractivity contribution in [2.45, 2.75) is 13.0 Å². The smallest absolute Gasteiger partial charge is 0.268 e. The summed E-state index contributed by atoms with van der Waals surface area (Å²) in [4.78, 5) is 25.4. The maximum absolute atomic E-state index is 13.1. The Kier molecular flexibility index (Phi) is 5.70. The van der Waals surface area contributed by atoms with E-state index in [0.717, 1.165) is 18.7 Å². The van der Waals surface area contributed by atoms with Gasteiger partial charge in [0.15, 0.2) is 6.73 Å². The Labute approximate surface area is 201 Å². The lowest BCUT2D eigenvalue weighted by Gasteiger charge is -2.29. The number of fused-ring (bicyclic) bond motifs is 2. The van der Waals surface area contributed by atoms with Gasteiger partial charge in [-0.2, -0.15) is 4.98 Å². The minimum absolute atomic E-state index is 0.0532. The van der Waals surface area contributed by atoms with E-state index >= 15 is 0 Å². The number of nitrogens with zero attached hydrogens (tertiary/aromatic N) is 4. The maximum Gasteiger partial charge on any atom is 0.268 e. The Balaban J connectivity index is 1.42. The molecule has 1 aromatic heterocycles. The number of ether oxygens (including phenoxy) is 1. The topological polar surface area (TPSA) is 70.6 Å². The summed E-state index contributed by atoms with van der Waals surface area (Å²) >= 11 is 12.5. The number of aromatic nitrogens is 2. The highest BCUT2D eigenvalue weighted by Crippen LogP contribution is 2.37. The number of para-hydroxylation sites is 1. The molecular weight excluding hydrogens is 461 g/mol. The number of amides is 1. The Hall–Kier alpha value is -3.13. The zero-order valence-corrected chi connectivity index (χ0v) is 19.6. The number of nitrogens with one attached hydrogen (secondary N) is 1. The van der Waals surface area contributed by atoms with Crippen LogP contribution in [-0.4, -0.2) is 41.6 Å². The molecule has 7 nitrogen and oxygen atoms in total. The zero-order valence-electron chi connectivity index (χ0n) is 18.1. The van der Waals surface area contributed by atoms with Crippen molar-refractivity contribution < 1.29 is 9.53 Å². The molecule has 3 aromatic rings. The van der Waals surface area contributed by atoms with Crippen LogP contribution in [0.3, 0.4) is 0 Å². The van der Waals surface area contributed by atoms with Crippen LogP contribution in [0.25, 0.3) is 6.08 Å². The number of anilines is 3. The molecule has 0 fully saturated rings. The molecule has 0 unspecified atom stereocenters. The molecule has 33 heavy (non-hydrogen) atoms. The van der Waals surface area contributed by atoms with Crippen LogP contribution in [0.1, 0.15) is 27.0 Å². The fraction of sp³-hybridized carbons (Fsp3) is 0.208. The molecule has 2 aliphatic rings. The predicted molar refractivity (Wildman–Crippen MR) is 131 cm³/mol. The number of hydrogen-bond acceptors (Lipinski definition) is 6. The van der Waals surface area contributed by atoms with Gasteiger partial charge in [-0.15, -0.1) is 0 Å². The minimum Gasteiger partial charge on any atom is -0.455 e. The Morgan fingerprint density at radius 3 is 2.76 bits per heavy atom. The third-order valence-corrected chi connectivity index (χ3v) is 6.12. The maximum atomic E-state index is 13.1. The number of rotatable bonds is 5. The summed E-state index contributed by atoms with van der Waals surface area (Å²) in [6, 6.07) is 9.25. The summed E-state index contributed by atoms with van der Waals surface area (Å²) in [6.45, 7) is 0.783. The van der Waals surface area contributed by atoms with Gasteiger partial charge in [-0.05, 0) is 61.5 Å². The molecule has 0 saturated carbocycles. The highest BCUT2D eigenvalue weighted by Gasteiger charge is 2.31. The second-order valence-corrected chi connectivity index (χ2v) is 8.98. The normalized spacial score (nSPS) is 14.3. The van der Waals surface area contributed by atoms with Crippen LogP contribution in [0.4, 0.5) is 17.3 Å². The van der Waals surface area contributed by atoms with E-state index in [1.807, 2.05) is 0 Å². The first kappa shape index (κ1) is 21.7. The molecule has 1 aliphatic carbocycles. The van der Waals surface area contributed by atoms with E-state index in [9.17, 15) is 4.79 Å². The molecule has 1 amide bonds. The van der Waals surface area contributed by atoms with Crippen LogP contribution in [0, 0.1) is 0 Å². The van der Waals surface area contributed by atoms with E-state index in [1.54, 1.807) is 18.2 Å². The lowest BCUT2D eigenvalue weighted by Crippen LogP contribution is -2.39. The van der Waals surface area contributed by atoms with Crippen molar-refractivity contribution in [3.05, 3.63) is 74.9 Å². The summed E-state index contributed by atoms with van der Waals surface area (Å²) < 4.78 is 5.78. The third kappa shape index (κ3) is 4.15. The number of allylic oxidation sites excluding steroid dienone is 1. The lowest BCUT2D eigenvalue weighted by molar-refractivity contribution is 0.0932. The Bertz CT molecular complexity index is 1270. The molecule has 0 bridgehead atoms. The Morgan fingerprint density at radius 2 is 2.00 bits per heavy atom. The standard InChI is InChI=1S/C24H21Cl2N5O2/c1-30(2)12-15-10-16(9-14-5-3-6-17(14)15)28-24-27-11-18-22(29-24)33-13-31(23(18)32)21-19(25)7-4-8-20(21)26/h3-5,7-11H,6,12-13H2,1-2H3,(H,27,28,29). The van der Waals surface area contributed by atoms with Crippen molar-refractivity contribution in [2.75, 3.05) is 31.0 Å². The van der Waals surface area contributed by atoms with Crippen molar-refractivity contribution in [3.8, 4) is 5.88 Å². The summed E-state index contributed by atoms with van der Waals surface area (Å²) in [5.74, 6) is 0.240. The van der Waals surface area contributed by atoms with Crippen molar-refractivity contribution >= 4 is 52.5 Å². The largest absolute Gasteiger partial charge is 0.455 e. The quantitative estimate of drug-likeness (QED) is 0.542. The van der Waals surface area contributed by atoms with Crippen LogP contribution in [0.15, 0.2) is 42.6 Å². The second kappa shape index (κ2) is 8.67. The molecule has 0 saturated heterocycles. The minimum atomic E-state index is -0.325. The van der Waals surface area contributed by atoms with Crippen molar-refractivity contribution in [2.24, 2.45) is 0 Å². The first-order valence-electron chi connectivity index (χ1n) is 10.4. The van der Waals surface area contributed by atoms with Gasteiger partial charge in [0.05, 0.1) is 15.7 Å². The average molecular weight is 482 g/mol. The first-order chi connectivity index (χ1) is 15.9. The molecule has 0 radical (unpaired) electrons. The van der Waals surface area contributed by atoms with E-state index in [4.69, 9.17) is 27.9 Å². The second-order valence-electron chi connectivity index (χ2n) is 8.16. The van der Waals surface area contributed by atoms with Crippen molar-refractivity contribution in [1.29, 1.82) is 0 Å². The van der Waals surface area contributed by atoms with Crippen LogP contribution < -0.4 is 15.0 Å². The fourth-order valence-electron chi connectivity index (χ4n) is 4.07. The van der Waals surface area contributed by atoms with Gasteiger partial charge in [0.2, 0.25) is 11.8 Å². The van der Waals surface area contributed by atoms with Gasteiger partial charge in [-0.3, -0.25) is 9.69 Å². The fourth-order valence-corrected chi connectivity index (χ4v) is 4.67. The van der Waals surface area contributed by atoms with Gasteiger partial charge in [-0.1, -0.05) is 41.4 Å². The van der Waals surface area contributed by atoms with Gasteiger partial charge in [0.25, 0.3) is 5.91 Å². The van der Waals surface area contributed by atoms with Crippen LogP contribution >= 0.6 is 23.2 Å². The van der Waals surface area contributed by atoms with Gasteiger partial charge >= 0.3 is 0 Å². The van der Waals surface area contributed by atoms with E-state index in [1.165, 1.54) is 27.8 Å². The summed E-state index contributed by atoms with van der Waals surface area (Å²) in [5, 5.41) is 3.98. The van der Waals surface area contributed by atoms with Gasteiger partial charge in [0.1, 0.15) is 5.56 Å². The molecule has 5 rings (SSSR count). The first-order valence-corrected chi connectivity index (χ1v) is 11.2. The number of carbonyl (C=O) groups is 1. The molecule has 0 spiro atoms. The molecule has 2 aromatic carbocycles. The molecule has 1 aliphatic heterocycles. The number of hydrogen-bond donors (Lipinski definition) is 1. The van der Waals surface area contributed by atoms with E-state index in [-0.39, 0.29) is 24.1 Å². The van der Waals surface area contributed by atoms with E-state index in [2.05, 4.69) is 58.6 Å². The average Bonchev–Trinajstić information content (AvgIpc) is 3.24. The van der Waals surface area contributed by atoms with Crippen LogP contribution in [-0.2, 0) is 13.0 Å². The summed E-state index contributed by atoms with van der Waals surface area (Å²) in [7, 11) is 4.10. The van der Waals surface area contributed by atoms with Gasteiger partial charge in [0, 0.05) is 18.4 Å². The van der Waals surface area contributed by atoms with Crippen molar-refractivity contribution in [1.82, 2.24) is 14.9 Å². The van der Waals surface area contributed by atoms with Crippen molar-refractivity contribution in [3.63, 3.8) is 0 Å². The van der Waals surface area contributed by atoms with E-state index in [0.29, 0.717) is 21.7 Å². The van der Waals surface area contributed by atoms with Gasteiger partial charge in [-0.25, -0.2) is 4.98 Å². The highest BCUT2D eigenvalue weighted by atomic mass is 35.5. The zero-order chi connectivity index (χ0) is 23.1.